The third-order valence-electron chi connectivity index (χ3n) is 2.17. The highest BCUT2D eigenvalue weighted by atomic mass is 16.2. The third-order valence-corrected chi connectivity index (χ3v) is 2.17. The molecule has 0 bridgehead atoms. The molecule has 0 aliphatic heterocycles. The topological polar surface area (TPSA) is 108 Å². The first-order valence-electron chi connectivity index (χ1n) is 5.61. The molecule has 6 heteroatoms. The molecule has 0 aromatic rings. The Labute approximate surface area is 102 Å². The van der Waals surface area contributed by atoms with Gasteiger partial charge in [-0.15, -0.1) is 0 Å². The highest BCUT2D eigenvalue weighted by molar-refractivity contribution is 5.84. The van der Waals surface area contributed by atoms with Gasteiger partial charge in [-0.2, -0.15) is 0 Å². The molecule has 17 heavy (non-hydrogen) atoms. The van der Waals surface area contributed by atoms with Crippen molar-refractivity contribution in [2.24, 2.45) is 11.1 Å². The van der Waals surface area contributed by atoms with Crippen molar-refractivity contribution < 1.29 is 9.59 Å². The molecule has 0 rings (SSSR count). The lowest BCUT2D eigenvalue weighted by Crippen LogP contribution is -2.43. The molecule has 0 fully saturated rings. The molecule has 0 heterocycles. The molecular formula is C11H22N4O2. The van der Waals surface area contributed by atoms with Crippen molar-refractivity contribution in [3.63, 3.8) is 0 Å². The normalized spacial score (nSPS) is 12.6. The zero-order chi connectivity index (χ0) is 13.5. The molecule has 6 nitrogen and oxygen atoms in total. The molecule has 5 N–H and O–H groups in total. The fourth-order valence-corrected chi connectivity index (χ4v) is 1.10. The van der Waals surface area contributed by atoms with Crippen molar-refractivity contribution in [2.45, 2.75) is 39.7 Å². The van der Waals surface area contributed by atoms with Gasteiger partial charge in [0.1, 0.15) is 6.29 Å². The number of carbonyl (C=O) groups is 2. The van der Waals surface area contributed by atoms with E-state index in [1.807, 2.05) is 0 Å². The van der Waals surface area contributed by atoms with Gasteiger partial charge < -0.3 is 21.2 Å². The van der Waals surface area contributed by atoms with Crippen LogP contribution in [0.2, 0.25) is 0 Å². The van der Waals surface area contributed by atoms with Crippen LogP contribution in [0.5, 0.6) is 0 Å². The summed E-state index contributed by atoms with van der Waals surface area (Å²) in [6, 6.07) is -0.476. The minimum absolute atomic E-state index is 0.0913. The lowest BCUT2D eigenvalue weighted by molar-refractivity contribution is -0.130. The Balaban J connectivity index is 3.97. The lowest BCUT2D eigenvalue weighted by Gasteiger charge is -2.21. The van der Waals surface area contributed by atoms with Crippen LogP contribution in [0.25, 0.3) is 0 Å². The lowest BCUT2D eigenvalue weighted by atomic mass is 9.95. The van der Waals surface area contributed by atoms with Gasteiger partial charge >= 0.3 is 0 Å². The molecule has 0 saturated heterocycles. The molecular weight excluding hydrogens is 220 g/mol. The summed E-state index contributed by atoms with van der Waals surface area (Å²) < 4.78 is 0. The van der Waals surface area contributed by atoms with Gasteiger partial charge in [-0.3, -0.25) is 10.2 Å². The van der Waals surface area contributed by atoms with Gasteiger partial charge in [0.15, 0.2) is 5.96 Å². The molecule has 0 aromatic heterocycles. The van der Waals surface area contributed by atoms with Crippen LogP contribution >= 0.6 is 0 Å². The Bertz CT molecular complexity index is 284. The summed E-state index contributed by atoms with van der Waals surface area (Å²) in [5.41, 5.74) is 4.61. The molecule has 0 radical (unpaired) electrons. The van der Waals surface area contributed by atoms with Gasteiger partial charge in [-0.1, -0.05) is 20.8 Å². The maximum absolute atomic E-state index is 11.6. The second-order valence-electron chi connectivity index (χ2n) is 4.95. The van der Waals surface area contributed by atoms with Crippen molar-refractivity contribution in [3.05, 3.63) is 0 Å². The largest absolute Gasteiger partial charge is 0.370 e. The summed E-state index contributed by atoms with van der Waals surface area (Å²) >= 11 is 0. The average molecular weight is 242 g/mol. The molecule has 98 valence electrons. The van der Waals surface area contributed by atoms with Crippen LogP contribution in [0, 0.1) is 10.8 Å². The maximum Gasteiger partial charge on any atom is 0.225 e. The Hall–Kier alpha value is -1.59. The fourth-order valence-electron chi connectivity index (χ4n) is 1.10. The van der Waals surface area contributed by atoms with E-state index in [2.05, 4.69) is 10.6 Å². The van der Waals surface area contributed by atoms with Crippen molar-refractivity contribution in [3.8, 4) is 0 Å². The Morgan fingerprint density at radius 1 is 1.47 bits per heavy atom. The number of guanidine groups is 1. The molecule has 0 aliphatic rings. The van der Waals surface area contributed by atoms with E-state index in [0.29, 0.717) is 19.4 Å². The van der Waals surface area contributed by atoms with E-state index in [4.69, 9.17) is 11.1 Å². The van der Waals surface area contributed by atoms with Gasteiger partial charge in [0, 0.05) is 12.0 Å². The average Bonchev–Trinajstić information content (AvgIpc) is 2.20. The van der Waals surface area contributed by atoms with Gasteiger partial charge in [0.2, 0.25) is 5.91 Å². The van der Waals surface area contributed by atoms with E-state index < -0.39 is 11.5 Å². The van der Waals surface area contributed by atoms with Crippen molar-refractivity contribution in [1.29, 1.82) is 5.41 Å². The van der Waals surface area contributed by atoms with Crippen LogP contribution < -0.4 is 16.4 Å². The van der Waals surface area contributed by atoms with Crippen LogP contribution in [-0.2, 0) is 9.59 Å². The monoisotopic (exact) mass is 242 g/mol. The summed E-state index contributed by atoms with van der Waals surface area (Å²) in [7, 11) is 0. The molecule has 1 unspecified atom stereocenters. The highest BCUT2D eigenvalue weighted by Crippen LogP contribution is 2.13. The predicted molar refractivity (Wildman–Crippen MR) is 66.6 cm³/mol. The highest BCUT2D eigenvalue weighted by Gasteiger charge is 2.23. The molecule has 0 spiro atoms. The summed E-state index contributed by atoms with van der Waals surface area (Å²) in [5, 5.41) is 12.3. The summed E-state index contributed by atoms with van der Waals surface area (Å²) in [6.07, 6.45) is 1.93. The predicted octanol–water partition coefficient (Wildman–Crippen LogP) is -0.0205. The van der Waals surface area contributed by atoms with E-state index in [0.717, 1.165) is 6.29 Å². The molecule has 1 atom stereocenters. The first-order valence-corrected chi connectivity index (χ1v) is 5.61. The van der Waals surface area contributed by atoms with Gasteiger partial charge in [0.25, 0.3) is 0 Å². The summed E-state index contributed by atoms with van der Waals surface area (Å²) in [6.45, 7) is 5.90. The van der Waals surface area contributed by atoms with Gasteiger partial charge in [-0.25, -0.2) is 0 Å². The van der Waals surface area contributed by atoms with Gasteiger partial charge in [-0.05, 0) is 12.8 Å². The van der Waals surface area contributed by atoms with E-state index in [-0.39, 0.29) is 11.9 Å². The van der Waals surface area contributed by atoms with E-state index in [9.17, 15) is 9.59 Å². The van der Waals surface area contributed by atoms with Crippen LogP contribution in [0.1, 0.15) is 33.6 Å². The number of rotatable bonds is 6. The quantitative estimate of drug-likeness (QED) is 0.227. The number of nitrogens with two attached hydrogens (primary N) is 1. The SMILES string of the molecule is CC(C)(C)C(=O)NC(C=O)CCCNC(=N)N. The second-order valence-corrected chi connectivity index (χ2v) is 4.95. The van der Waals surface area contributed by atoms with E-state index in [1.54, 1.807) is 20.8 Å². The molecule has 0 saturated carbocycles. The van der Waals surface area contributed by atoms with Gasteiger partial charge in [0.05, 0.1) is 6.04 Å². The third kappa shape index (κ3) is 7.32. The minimum atomic E-state index is -0.501. The Kier molecular flexibility index (Phi) is 6.23. The van der Waals surface area contributed by atoms with Crippen molar-refractivity contribution >= 4 is 18.2 Å². The molecule has 0 aliphatic carbocycles. The Morgan fingerprint density at radius 3 is 2.47 bits per heavy atom. The van der Waals surface area contributed by atoms with E-state index >= 15 is 0 Å². The van der Waals surface area contributed by atoms with Crippen molar-refractivity contribution in [2.75, 3.05) is 6.54 Å². The number of hydrogen-bond acceptors (Lipinski definition) is 3. The van der Waals surface area contributed by atoms with Crippen LogP contribution in [0.3, 0.4) is 0 Å². The number of nitrogens with one attached hydrogen (secondary N) is 3. The standard InChI is InChI=1S/C11H22N4O2/c1-11(2,3)9(17)15-8(7-16)5-4-6-14-10(12)13/h7-8H,4-6H2,1-3H3,(H,15,17)(H4,12,13,14). The second kappa shape index (κ2) is 6.88. The summed E-state index contributed by atoms with van der Waals surface area (Å²) in [5.74, 6) is -0.236. The minimum Gasteiger partial charge on any atom is -0.370 e. The number of hydrogen-bond donors (Lipinski definition) is 4. The zero-order valence-electron chi connectivity index (χ0n) is 10.7. The first kappa shape index (κ1) is 15.4. The number of carbonyl (C=O) groups excluding carboxylic acids is 2. The van der Waals surface area contributed by atoms with Crippen LogP contribution in [0.4, 0.5) is 0 Å². The van der Waals surface area contributed by atoms with E-state index in [1.165, 1.54) is 0 Å². The Morgan fingerprint density at radius 2 is 2.06 bits per heavy atom. The van der Waals surface area contributed by atoms with Crippen molar-refractivity contribution in [1.82, 2.24) is 10.6 Å². The molecule has 0 aromatic carbocycles. The first-order chi connectivity index (χ1) is 7.77. The fraction of sp³-hybridized carbons (Fsp3) is 0.727. The zero-order valence-corrected chi connectivity index (χ0v) is 10.7. The van der Waals surface area contributed by atoms with Crippen LogP contribution in [0.15, 0.2) is 0 Å². The summed E-state index contributed by atoms with van der Waals surface area (Å²) in [4.78, 5) is 22.4. The number of amides is 1. The number of aldehydes is 1. The maximum atomic E-state index is 11.6. The smallest absolute Gasteiger partial charge is 0.225 e. The van der Waals surface area contributed by atoms with Crippen LogP contribution in [-0.4, -0.2) is 30.7 Å². The molecule has 1 amide bonds.